The number of rotatable bonds is 1. The normalized spacial score (nSPS) is 10.6. The molecule has 0 saturated carbocycles. The maximum Gasteiger partial charge on any atom is 0.0438 e. The molecule has 17 heavy (non-hydrogen) atoms. The minimum absolute atomic E-state index is 0.648. The predicted octanol–water partition coefficient (Wildman–Crippen LogP) is 4.86. The number of hydrogen-bond donors (Lipinski definition) is 1. The highest BCUT2D eigenvalue weighted by molar-refractivity contribution is 6.31. The van der Waals surface area contributed by atoms with Crippen molar-refractivity contribution in [2.45, 2.75) is 13.8 Å². The van der Waals surface area contributed by atoms with Gasteiger partial charge in [-0.3, -0.25) is 0 Å². The van der Waals surface area contributed by atoms with Gasteiger partial charge in [-0.15, -0.1) is 0 Å². The summed E-state index contributed by atoms with van der Waals surface area (Å²) in [6.45, 7) is 4.01. The van der Waals surface area contributed by atoms with Crippen LogP contribution in [0.25, 0.3) is 11.1 Å². The van der Waals surface area contributed by atoms with Crippen LogP contribution >= 0.6 is 23.2 Å². The molecule has 0 amide bonds. The lowest BCUT2D eigenvalue weighted by Gasteiger charge is -2.11. The zero-order valence-electron chi connectivity index (χ0n) is 9.72. The molecule has 2 aromatic rings. The van der Waals surface area contributed by atoms with Crippen molar-refractivity contribution >= 4 is 28.9 Å². The van der Waals surface area contributed by atoms with Gasteiger partial charge in [0.2, 0.25) is 0 Å². The van der Waals surface area contributed by atoms with E-state index in [1.807, 2.05) is 32.0 Å². The summed E-state index contributed by atoms with van der Waals surface area (Å²) in [6, 6.07) is 9.56. The van der Waals surface area contributed by atoms with E-state index in [0.29, 0.717) is 10.7 Å². The monoisotopic (exact) mass is 265 g/mol. The van der Waals surface area contributed by atoms with Gasteiger partial charge in [0.05, 0.1) is 0 Å². The lowest BCUT2D eigenvalue weighted by molar-refractivity contribution is 1.39. The van der Waals surface area contributed by atoms with E-state index in [4.69, 9.17) is 28.9 Å². The lowest BCUT2D eigenvalue weighted by atomic mass is 9.97. The third-order valence-electron chi connectivity index (χ3n) is 2.81. The average Bonchev–Trinajstić information content (AvgIpc) is 2.24. The third kappa shape index (κ3) is 2.41. The summed E-state index contributed by atoms with van der Waals surface area (Å²) in [7, 11) is 0. The Hall–Kier alpha value is -1.18. The second kappa shape index (κ2) is 4.59. The summed E-state index contributed by atoms with van der Waals surface area (Å²) in [4.78, 5) is 0. The van der Waals surface area contributed by atoms with Crippen molar-refractivity contribution in [3.05, 3.63) is 51.5 Å². The number of benzene rings is 2. The van der Waals surface area contributed by atoms with Crippen LogP contribution in [0.5, 0.6) is 0 Å². The molecule has 0 aliphatic heterocycles. The topological polar surface area (TPSA) is 26.0 Å². The smallest absolute Gasteiger partial charge is 0.0438 e. The highest BCUT2D eigenvalue weighted by Crippen LogP contribution is 2.33. The molecule has 2 N–H and O–H groups in total. The van der Waals surface area contributed by atoms with Crippen LogP contribution in [0.2, 0.25) is 10.0 Å². The van der Waals surface area contributed by atoms with Crippen LogP contribution in [-0.4, -0.2) is 0 Å². The van der Waals surface area contributed by atoms with Gasteiger partial charge in [-0.25, -0.2) is 0 Å². The van der Waals surface area contributed by atoms with Crippen LogP contribution in [-0.2, 0) is 0 Å². The average molecular weight is 266 g/mol. The van der Waals surface area contributed by atoms with E-state index in [-0.39, 0.29) is 0 Å². The molecule has 0 aliphatic carbocycles. The maximum absolute atomic E-state index is 6.09. The molecule has 0 unspecified atom stereocenters. The molecule has 0 bridgehead atoms. The van der Waals surface area contributed by atoms with Crippen molar-refractivity contribution < 1.29 is 0 Å². The molecule has 0 radical (unpaired) electrons. The summed E-state index contributed by atoms with van der Waals surface area (Å²) in [5.74, 6) is 0. The van der Waals surface area contributed by atoms with Crippen molar-refractivity contribution in [1.29, 1.82) is 0 Å². The van der Waals surface area contributed by atoms with Crippen LogP contribution in [0.3, 0.4) is 0 Å². The standard InChI is InChI=1S/C14H13Cl2N/c1-8-6-13(16)9(2)5-12(8)11-4-3-10(15)7-14(11)17/h3-7H,17H2,1-2H3. The number of halogens is 2. The second-order valence-corrected chi connectivity index (χ2v) is 4.99. The van der Waals surface area contributed by atoms with E-state index in [1.165, 1.54) is 0 Å². The van der Waals surface area contributed by atoms with Gasteiger partial charge in [-0.2, -0.15) is 0 Å². The first kappa shape index (κ1) is 12.3. The highest BCUT2D eigenvalue weighted by Gasteiger charge is 2.08. The summed E-state index contributed by atoms with van der Waals surface area (Å²) in [5, 5.41) is 1.42. The Kier molecular flexibility index (Phi) is 3.32. The zero-order valence-corrected chi connectivity index (χ0v) is 11.2. The molecule has 0 aliphatic rings. The molecule has 0 atom stereocenters. The molecule has 0 spiro atoms. The van der Waals surface area contributed by atoms with Gasteiger partial charge in [0.15, 0.2) is 0 Å². The van der Waals surface area contributed by atoms with Crippen molar-refractivity contribution in [3.8, 4) is 11.1 Å². The number of nitrogen functional groups attached to an aromatic ring is 1. The minimum Gasteiger partial charge on any atom is -0.398 e. The first-order valence-electron chi connectivity index (χ1n) is 5.31. The summed E-state index contributed by atoms with van der Waals surface area (Å²) < 4.78 is 0. The first-order valence-corrected chi connectivity index (χ1v) is 6.07. The lowest BCUT2D eigenvalue weighted by Crippen LogP contribution is -1.93. The van der Waals surface area contributed by atoms with E-state index in [1.54, 1.807) is 6.07 Å². The minimum atomic E-state index is 0.648. The first-order chi connectivity index (χ1) is 7.99. The number of nitrogens with two attached hydrogens (primary N) is 1. The molecule has 3 heteroatoms. The Bertz CT molecular complexity index is 577. The fourth-order valence-electron chi connectivity index (χ4n) is 1.85. The quantitative estimate of drug-likeness (QED) is 0.733. The van der Waals surface area contributed by atoms with E-state index in [2.05, 4.69) is 6.07 Å². The molecule has 0 fully saturated rings. The van der Waals surface area contributed by atoms with Gasteiger partial charge in [-0.1, -0.05) is 29.3 Å². The van der Waals surface area contributed by atoms with E-state index >= 15 is 0 Å². The SMILES string of the molecule is Cc1cc(-c2ccc(Cl)cc2N)c(C)cc1Cl. The van der Waals surface area contributed by atoms with Crippen LogP contribution in [0, 0.1) is 13.8 Å². The van der Waals surface area contributed by atoms with Crippen molar-refractivity contribution in [3.63, 3.8) is 0 Å². The second-order valence-electron chi connectivity index (χ2n) is 4.15. The number of anilines is 1. The highest BCUT2D eigenvalue weighted by atomic mass is 35.5. The number of hydrogen-bond acceptors (Lipinski definition) is 1. The fourth-order valence-corrected chi connectivity index (χ4v) is 2.25. The molecule has 88 valence electrons. The van der Waals surface area contributed by atoms with Gasteiger partial charge >= 0.3 is 0 Å². The molecule has 0 saturated heterocycles. The number of aryl methyl sites for hydroxylation is 2. The van der Waals surface area contributed by atoms with E-state index in [0.717, 1.165) is 27.3 Å². The van der Waals surface area contributed by atoms with Gasteiger partial charge < -0.3 is 5.73 Å². The third-order valence-corrected chi connectivity index (χ3v) is 3.45. The van der Waals surface area contributed by atoms with Crippen LogP contribution in [0.15, 0.2) is 30.3 Å². The Balaban J connectivity index is 2.64. The Morgan fingerprint density at radius 3 is 2.24 bits per heavy atom. The fraction of sp³-hybridized carbons (Fsp3) is 0.143. The molecular formula is C14H13Cl2N. The van der Waals surface area contributed by atoms with Crippen LogP contribution in [0.4, 0.5) is 5.69 Å². The van der Waals surface area contributed by atoms with E-state index in [9.17, 15) is 0 Å². The Labute approximate surface area is 111 Å². The van der Waals surface area contributed by atoms with Crippen molar-refractivity contribution in [2.75, 3.05) is 5.73 Å². The molecule has 2 rings (SSSR count). The summed E-state index contributed by atoms with van der Waals surface area (Å²) in [5.41, 5.74) is 10.9. The van der Waals surface area contributed by atoms with Gasteiger partial charge in [0, 0.05) is 21.3 Å². The predicted molar refractivity (Wildman–Crippen MR) is 75.8 cm³/mol. The Morgan fingerprint density at radius 2 is 1.59 bits per heavy atom. The summed E-state index contributed by atoms with van der Waals surface area (Å²) >= 11 is 12.0. The Morgan fingerprint density at radius 1 is 0.882 bits per heavy atom. The van der Waals surface area contributed by atoms with E-state index < -0.39 is 0 Å². The van der Waals surface area contributed by atoms with Crippen molar-refractivity contribution in [1.82, 2.24) is 0 Å². The molecule has 2 aromatic carbocycles. The molecule has 0 aromatic heterocycles. The van der Waals surface area contributed by atoms with Crippen molar-refractivity contribution in [2.24, 2.45) is 0 Å². The van der Waals surface area contributed by atoms with Gasteiger partial charge in [-0.05, 0) is 54.8 Å². The van der Waals surface area contributed by atoms with Gasteiger partial charge in [0.1, 0.15) is 0 Å². The summed E-state index contributed by atoms with van der Waals surface area (Å²) in [6.07, 6.45) is 0. The zero-order chi connectivity index (χ0) is 12.6. The van der Waals surface area contributed by atoms with Gasteiger partial charge in [0.25, 0.3) is 0 Å². The molecular weight excluding hydrogens is 253 g/mol. The maximum atomic E-state index is 6.09. The molecule has 0 heterocycles. The largest absolute Gasteiger partial charge is 0.398 e. The molecule has 1 nitrogen and oxygen atoms in total. The van der Waals surface area contributed by atoms with Crippen LogP contribution < -0.4 is 5.73 Å². The van der Waals surface area contributed by atoms with Crippen LogP contribution in [0.1, 0.15) is 11.1 Å².